The Morgan fingerprint density at radius 2 is 1.05 bits per heavy atom. The molecule has 0 unspecified atom stereocenters. The van der Waals surface area contributed by atoms with E-state index in [1.54, 1.807) is 0 Å². The number of Topliss-reactive ketones (excluding diaryl/α,β-unsaturated/α-hetero) is 1. The third-order valence-electron chi connectivity index (χ3n) is 7.33. The molecule has 2 aromatic carbocycles. The highest BCUT2D eigenvalue weighted by Crippen LogP contribution is 2.45. The Morgan fingerprint density at radius 3 is 1.38 bits per heavy atom. The normalized spacial score (nSPS) is 15.1. The monoisotopic (exact) mass is 521 g/mol. The molecule has 0 N–H and O–H groups in total. The first kappa shape index (κ1) is 30.2. The predicted molar refractivity (Wildman–Crippen MR) is 164 cm³/mol. The zero-order valence-corrected chi connectivity index (χ0v) is 26.0. The van der Waals surface area contributed by atoms with Crippen molar-refractivity contribution in [1.29, 1.82) is 0 Å². The highest BCUT2D eigenvalue weighted by Gasteiger charge is 2.35. The topological polar surface area (TPSA) is 37.0 Å². The van der Waals surface area contributed by atoms with Gasteiger partial charge in [-0.25, -0.2) is 0 Å². The molecule has 0 saturated carbocycles. The van der Waals surface area contributed by atoms with Crippen LogP contribution in [0.5, 0.6) is 5.75 Å². The van der Waals surface area contributed by atoms with E-state index in [2.05, 4.69) is 113 Å². The fraction of sp³-hybridized carbons (Fsp3) is 0.432. The van der Waals surface area contributed by atoms with Crippen LogP contribution in [0.15, 0.2) is 65.3 Å². The molecule has 205 valence electrons. The molecule has 3 rings (SSSR count). The van der Waals surface area contributed by atoms with Crippen molar-refractivity contribution in [2.75, 3.05) is 0 Å². The zero-order chi connectivity index (χ0) is 29.7. The Kier molecular flexibility index (Phi) is 7.77. The molecule has 0 bridgehead atoms. The average molecular weight is 522 g/mol. The summed E-state index contributed by atoms with van der Waals surface area (Å²) < 4.78 is 0. The molecule has 0 spiro atoms. The minimum absolute atomic E-state index is 0.0986. The first-order valence-electron chi connectivity index (χ1n) is 13.8. The lowest BCUT2D eigenvalue weighted by Gasteiger charge is -2.32. The van der Waals surface area contributed by atoms with Crippen molar-refractivity contribution in [1.82, 2.24) is 0 Å². The van der Waals surface area contributed by atoms with Crippen molar-refractivity contribution in [3.05, 3.63) is 93.1 Å². The van der Waals surface area contributed by atoms with Gasteiger partial charge in [0.05, 0.1) is 0 Å². The van der Waals surface area contributed by atoms with E-state index < -0.39 is 0 Å². The van der Waals surface area contributed by atoms with Crippen molar-refractivity contribution in [3.8, 4) is 18.1 Å². The molecule has 2 nitrogen and oxygen atoms in total. The number of hydrogen-bond acceptors (Lipinski definition) is 1. The van der Waals surface area contributed by atoms with Gasteiger partial charge in [0.25, 0.3) is 0 Å². The zero-order valence-electron chi connectivity index (χ0n) is 26.0. The first-order chi connectivity index (χ1) is 17.7. The second-order valence-corrected chi connectivity index (χ2v) is 14.9. The van der Waals surface area contributed by atoms with Gasteiger partial charge in [-0.1, -0.05) is 101 Å². The second kappa shape index (κ2) is 10.0. The summed E-state index contributed by atoms with van der Waals surface area (Å²) in [5.41, 5.74) is 6.53. The summed E-state index contributed by atoms with van der Waals surface area (Å²) in [5, 5.41) is 13.7. The molecule has 1 aliphatic rings. The second-order valence-electron chi connectivity index (χ2n) is 14.9. The highest BCUT2D eigenvalue weighted by atomic mass is 16.3. The maximum absolute atomic E-state index is 13.7. The molecule has 0 fully saturated rings. The Bertz CT molecular complexity index is 1350. The van der Waals surface area contributed by atoms with Gasteiger partial charge in [-0.3, -0.25) is 9.90 Å². The summed E-state index contributed by atoms with van der Waals surface area (Å²) in [4.78, 5) is 13.7. The minimum Gasteiger partial charge on any atom is -0.289 e. The number of carbonyl (C=O) groups excluding carboxylic acids is 1. The van der Waals surface area contributed by atoms with Crippen LogP contribution in [0.1, 0.15) is 111 Å². The molecule has 1 aliphatic carbocycles. The van der Waals surface area contributed by atoms with Crippen LogP contribution in [0.25, 0.3) is 5.57 Å². The van der Waals surface area contributed by atoms with Crippen LogP contribution in [-0.2, 0) is 20.7 Å². The van der Waals surface area contributed by atoms with Crippen molar-refractivity contribution in [2.24, 2.45) is 10.8 Å². The Morgan fingerprint density at radius 1 is 0.641 bits per heavy atom. The van der Waals surface area contributed by atoms with Gasteiger partial charge >= 0.3 is 0 Å². The van der Waals surface area contributed by atoms with E-state index in [0.717, 1.165) is 50.1 Å². The lowest BCUT2D eigenvalue weighted by Crippen LogP contribution is -2.28. The van der Waals surface area contributed by atoms with E-state index in [1.807, 2.05) is 24.3 Å². The van der Waals surface area contributed by atoms with E-state index in [4.69, 9.17) is 6.42 Å². The molecule has 1 radical (unpaired) electrons. The summed E-state index contributed by atoms with van der Waals surface area (Å²) >= 11 is 0. The SMILES string of the molecule is C#Cc1ccc(C(=C2C=C(C(C)(C)C)C(=O)C(C(C)(C)C)=C2)c2cc(C(C)(C)C)c([O])c(C(C)(C)C)c2)cc1. The molecular weight excluding hydrogens is 476 g/mol. The highest BCUT2D eigenvalue weighted by molar-refractivity contribution is 6.12. The van der Waals surface area contributed by atoms with Gasteiger partial charge in [0.15, 0.2) is 11.5 Å². The van der Waals surface area contributed by atoms with Crippen LogP contribution >= 0.6 is 0 Å². The Labute approximate surface area is 236 Å². The van der Waals surface area contributed by atoms with E-state index >= 15 is 0 Å². The third kappa shape index (κ3) is 6.30. The summed E-state index contributed by atoms with van der Waals surface area (Å²) in [5.74, 6) is 2.91. The predicted octanol–water partition coefficient (Wildman–Crippen LogP) is 9.74. The van der Waals surface area contributed by atoms with E-state index in [1.165, 1.54) is 0 Å². The van der Waals surface area contributed by atoms with Crippen LogP contribution in [-0.4, -0.2) is 5.78 Å². The van der Waals surface area contributed by atoms with Crippen LogP contribution in [0.4, 0.5) is 0 Å². The standard InChI is InChI=1S/C37H45O2/c1-14-23-15-17-24(18-16-23)31(25-19-27(34(2,3)4)32(38)28(20-25)35(5,6)7)26-21-29(36(8,9)10)33(39)30(22-26)37(11,12)13/h1,15-22H,2-13H3. The Balaban J connectivity index is 2.59. The van der Waals surface area contributed by atoms with E-state index in [9.17, 15) is 9.90 Å². The smallest absolute Gasteiger partial charge is 0.186 e. The van der Waals surface area contributed by atoms with Gasteiger partial charge in [0.1, 0.15) is 0 Å². The van der Waals surface area contributed by atoms with Crippen LogP contribution in [0.3, 0.4) is 0 Å². The first-order valence-corrected chi connectivity index (χ1v) is 13.8. The quantitative estimate of drug-likeness (QED) is 0.362. The number of allylic oxidation sites excluding steroid dienone is 5. The number of benzene rings is 2. The maximum atomic E-state index is 13.7. The fourth-order valence-electron chi connectivity index (χ4n) is 5.01. The third-order valence-corrected chi connectivity index (χ3v) is 7.33. The van der Waals surface area contributed by atoms with Crippen molar-refractivity contribution in [2.45, 2.75) is 93.9 Å². The van der Waals surface area contributed by atoms with Crippen LogP contribution < -0.4 is 0 Å². The largest absolute Gasteiger partial charge is 0.289 e. The summed E-state index contributed by atoms with van der Waals surface area (Å²) in [6, 6.07) is 12.1. The number of ketones is 1. The van der Waals surface area contributed by atoms with Gasteiger partial charge in [0.2, 0.25) is 0 Å². The molecule has 0 saturated heterocycles. The van der Waals surface area contributed by atoms with Gasteiger partial charge in [-0.15, -0.1) is 6.42 Å². The molecule has 2 aromatic rings. The molecule has 0 aliphatic heterocycles. The number of hydrogen-bond donors (Lipinski definition) is 0. The number of rotatable bonds is 2. The van der Waals surface area contributed by atoms with Crippen molar-refractivity contribution >= 4 is 11.4 Å². The van der Waals surface area contributed by atoms with Crippen LogP contribution in [0, 0.1) is 23.2 Å². The average Bonchev–Trinajstić information content (AvgIpc) is 2.78. The van der Waals surface area contributed by atoms with Gasteiger partial charge in [-0.05, 0) is 80.4 Å². The van der Waals surface area contributed by atoms with E-state index in [-0.39, 0.29) is 33.2 Å². The molecule has 39 heavy (non-hydrogen) atoms. The molecule has 0 aromatic heterocycles. The Hall–Kier alpha value is -3.31. The fourth-order valence-corrected chi connectivity index (χ4v) is 5.01. The minimum atomic E-state index is -0.336. The number of terminal acetylenes is 1. The van der Waals surface area contributed by atoms with Gasteiger partial charge < -0.3 is 0 Å². The van der Waals surface area contributed by atoms with Crippen LogP contribution in [0.2, 0.25) is 0 Å². The lowest BCUT2D eigenvalue weighted by molar-refractivity contribution is -0.114. The molecule has 2 heteroatoms. The number of carbonyl (C=O) groups is 1. The molecule has 0 atom stereocenters. The summed E-state index contributed by atoms with van der Waals surface area (Å²) in [7, 11) is 0. The lowest BCUT2D eigenvalue weighted by atomic mass is 9.70. The van der Waals surface area contributed by atoms with Crippen molar-refractivity contribution < 1.29 is 9.90 Å². The molecule has 0 amide bonds. The van der Waals surface area contributed by atoms with Gasteiger partial charge in [-0.2, -0.15) is 0 Å². The summed E-state index contributed by atoms with van der Waals surface area (Å²) in [6.07, 6.45) is 9.79. The van der Waals surface area contributed by atoms with E-state index in [0.29, 0.717) is 0 Å². The molecular formula is C37H45O2. The maximum Gasteiger partial charge on any atom is 0.186 e. The molecule has 0 heterocycles. The summed E-state index contributed by atoms with van der Waals surface area (Å²) in [6.45, 7) is 25.0. The van der Waals surface area contributed by atoms with Crippen molar-refractivity contribution in [3.63, 3.8) is 0 Å². The van der Waals surface area contributed by atoms with Gasteiger partial charge in [0, 0.05) is 27.8 Å².